The first kappa shape index (κ1) is 17.0. The quantitative estimate of drug-likeness (QED) is 0.887. The van der Waals surface area contributed by atoms with Crippen LogP contribution in [0.2, 0.25) is 0 Å². The summed E-state index contributed by atoms with van der Waals surface area (Å²) in [6, 6.07) is 4.48. The van der Waals surface area contributed by atoms with Crippen LogP contribution < -0.4 is 15.8 Å². The number of anilines is 2. The largest absolute Gasteiger partial charge is 0.365 e. The Morgan fingerprint density at radius 1 is 1.19 bits per heavy atom. The fourth-order valence-corrected chi connectivity index (χ4v) is 3.21. The second-order valence-electron chi connectivity index (χ2n) is 8.40. The lowest BCUT2D eigenvalue weighted by molar-refractivity contribution is 0.424. The minimum Gasteiger partial charge on any atom is -0.365 e. The molecule has 1 saturated carbocycles. The molecule has 0 aromatic carbocycles. The van der Waals surface area contributed by atoms with Crippen LogP contribution in [0.5, 0.6) is 0 Å². The third-order valence-corrected chi connectivity index (χ3v) is 5.07. The predicted octanol–water partition coefficient (Wildman–Crippen LogP) is 2.21. The summed E-state index contributed by atoms with van der Waals surface area (Å²) in [6.07, 6.45) is 5.68. The smallest absolute Gasteiger partial charge is 0.293 e. The lowest BCUT2D eigenvalue weighted by Gasteiger charge is -2.40. The van der Waals surface area contributed by atoms with Gasteiger partial charge in [0.15, 0.2) is 11.6 Å². The maximum Gasteiger partial charge on any atom is 0.293 e. The zero-order chi connectivity index (χ0) is 18.3. The number of hydrogen-bond donors (Lipinski definition) is 1. The summed E-state index contributed by atoms with van der Waals surface area (Å²) < 4.78 is 1.80. The van der Waals surface area contributed by atoms with Gasteiger partial charge in [0.05, 0.1) is 5.69 Å². The molecule has 0 bridgehead atoms. The number of hydrogen-bond acceptors (Lipinski definition) is 6. The number of rotatable bonds is 5. The Balaban J connectivity index is 1.31. The highest BCUT2D eigenvalue weighted by Crippen LogP contribution is 2.33. The van der Waals surface area contributed by atoms with E-state index < -0.39 is 0 Å². The van der Waals surface area contributed by atoms with Crippen molar-refractivity contribution in [3.63, 3.8) is 0 Å². The van der Waals surface area contributed by atoms with Crippen molar-refractivity contribution in [1.82, 2.24) is 19.7 Å². The van der Waals surface area contributed by atoms with Gasteiger partial charge in [0.25, 0.3) is 5.56 Å². The van der Waals surface area contributed by atoms with E-state index in [1.54, 1.807) is 17.0 Å². The summed E-state index contributed by atoms with van der Waals surface area (Å²) in [5, 5.41) is 11.9. The van der Waals surface area contributed by atoms with Crippen molar-refractivity contribution in [2.24, 2.45) is 5.92 Å². The molecule has 1 N–H and O–H groups in total. The molecule has 2 aromatic heterocycles. The lowest BCUT2D eigenvalue weighted by atomic mass is 9.92. The molecular formula is C19H26N6O. The molecule has 138 valence electrons. The molecule has 0 atom stereocenters. The van der Waals surface area contributed by atoms with E-state index in [9.17, 15) is 4.79 Å². The highest BCUT2D eigenvalue weighted by Gasteiger charge is 2.29. The molecule has 7 heteroatoms. The topological polar surface area (TPSA) is 75.9 Å². The zero-order valence-corrected chi connectivity index (χ0v) is 15.6. The number of aromatic nitrogens is 4. The molecule has 26 heavy (non-hydrogen) atoms. The minimum absolute atomic E-state index is 0.00480. The molecule has 2 aliphatic rings. The SMILES string of the molecule is CC(C)(C)c1ccc(N2CC(CNc3nccn(C4CC4)c3=O)C2)nn1. The molecule has 2 fully saturated rings. The van der Waals surface area contributed by atoms with Crippen LogP contribution in [0.4, 0.5) is 11.6 Å². The normalized spacial score (nSPS) is 17.9. The Kier molecular flexibility index (Phi) is 4.17. The van der Waals surface area contributed by atoms with Gasteiger partial charge in [-0.3, -0.25) is 4.79 Å². The van der Waals surface area contributed by atoms with Gasteiger partial charge in [0.2, 0.25) is 0 Å². The molecule has 3 heterocycles. The van der Waals surface area contributed by atoms with Crippen LogP contribution in [0.3, 0.4) is 0 Å². The van der Waals surface area contributed by atoms with E-state index in [4.69, 9.17) is 0 Å². The number of nitrogens with zero attached hydrogens (tertiary/aromatic N) is 5. The van der Waals surface area contributed by atoms with Gasteiger partial charge in [-0.1, -0.05) is 20.8 Å². The van der Waals surface area contributed by atoms with Crippen molar-refractivity contribution in [3.8, 4) is 0 Å². The van der Waals surface area contributed by atoms with Gasteiger partial charge in [-0.2, -0.15) is 5.10 Å². The van der Waals surface area contributed by atoms with Gasteiger partial charge in [-0.15, -0.1) is 5.10 Å². The van der Waals surface area contributed by atoms with Gasteiger partial charge in [0.1, 0.15) is 0 Å². The van der Waals surface area contributed by atoms with Crippen LogP contribution >= 0.6 is 0 Å². The van der Waals surface area contributed by atoms with Crippen LogP contribution in [0.1, 0.15) is 45.3 Å². The van der Waals surface area contributed by atoms with E-state index in [2.05, 4.69) is 52.2 Å². The van der Waals surface area contributed by atoms with Crippen molar-refractivity contribution in [2.45, 2.75) is 45.1 Å². The monoisotopic (exact) mass is 354 g/mol. The van der Waals surface area contributed by atoms with Gasteiger partial charge in [0, 0.05) is 49.4 Å². The van der Waals surface area contributed by atoms with Crippen molar-refractivity contribution in [2.75, 3.05) is 29.9 Å². The Bertz CT molecular complexity index is 828. The highest BCUT2D eigenvalue weighted by atomic mass is 16.1. The molecule has 0 unspecified atom stereocenters. The zero-order valence-electron chi connectivity index (χ0n) is 15.6. The van der Waals surface area contributed by atoms with Gasteiger partial charge in [-0.25, -0.2) is 4.98 Å². The van der Waals surface area contributed by atoms with Crippen LogP contribution in [0.25, 0.3) is 0 Å². The van der Waals surface area contributed by atoms with Crippen molar-refractivity contribution < 1.29 is 0 Å². The molecule has 2 aromatic rings. The molecular weight excluding hydrogens is 328 g/mol. The maximum absolute atomic E-state index is 12.4. The van der Waals surface area contributed by atoms with Gasteiger partial charge >= 0.3 is 0 Å². The predicted molar refractivity (Wildman–Crippen MR) is 102 cm³/mol. The average molecular weight is 354 g/mol. The van der Waals surface area contributed by atoms with Crippen LogP contribution in [0.15, 0.2) is 29.3 Å². The first-order valence-electron chi connectivity index (χ1n) is 9.32. The third kappa shape index (κ3) is 3.43. The molecule has 1 aliphatic carbocycles. The summed E-state index contributed by atoms with van der Waals surface area (Å²) in [4.78, 5) is 18.8. The van der Waals surface area contributed by atoms with E-state index in [1.165, 1.54) is 0 Å². The minimum atomic E-state index is -0.00480. The van der Waals surface area contributed by atoms with Crippen molar-refractivity contribution in [3.05, 3.63) is 40.6 Å². The lowest BCUT2D eigenvalue weighted by Crippen LogP contribution is -2.50. The Morgan fingerprint density at radius 3 is 2.58 bits per heavy atom. The first-order valence-corrected chi connectivity index (χ1v) is 9.32. The molecule has 0 spiro atoms. The summed E-state index contributed by atoms with van der Waals surface area (Å²) in [5.41, 5.74) is 1.01. The Morgan fingerprint density at radius 2 is 1.96 bits per heavy atom. The second-order valence-corrected chi connectivity index (χ2v) is 8.40. The fourth-order valence-electron chi connectivity index (χ4n) is 3.21. The molecule has 0 radical (unpaired) electrons. The molecule has 4 rings (SSSR count). The summed E-state index contributed by atoms with van der Waals surface area (Å²) in [6.45, 7) is 8.99. The summed E-state index contributed by atoms with van der Waals surface area (Å²) in [7, 11) is 0. The standard InChI is InChI=1S/C19H26N6O/c1-19(2,3)15-6-7-16(23-22-15)24-11-13(12-24)10-21-17-18(26)25(9-8-20-17)14-4-5-14/h6-9,13-14H,4-5,10-12H2,1-3H3,(H,20,21). The first-order chi connectivity index (χ1) is 12.4. The second kappa shape index (κ2) is 6.37. The van der Waals surface area contributed by atoms with Crippen LogP contribution in [-0.4, -0.2) is 39.4 Å². The van der Waals surface area contributed by atoms with E-state index in [-0.39, 0.29) is 11.0 Å². The fraction of sp³-hybridized carbons (Fsp3) is 0.579. The molecule has 1 saturated heterocycles. The maximum atomic E-state index is 12.4. The van der Waals surface area contributed by atoms with E-state index in [0.29, 0.717) is 17.8 Å². The number of nitrogens with one attached hydrogen (secondary N) is 1. The molecule has 7 nitrogen and oxygen atoms in total. The molecule has 1 aliphatic heterocycles. The van der Waals surface area contributed by atoms with Crippen molar-refractivity contribution in [1.29, 1.82) is 0 Å². The highest BCUT2D eigenvalue weighted by molar-refractivity contribution is 5.42. The Hall–Kier alpha value is -2.44. The third-order valence-electron chi connectivity index (χ3n) is 5.07. The summed E-state index contributed by atoms with van der Waals surface area (Å²) in [5.74, 6) is 1.87. The van der Waals surface area contributed by atoms with Crippen molar-refractivity contribution >= 4 is 11.6 Å². The van der Waals surface area contributed by atoms with Crippen LogP contribution in [-0.2, 0) is 5.41 Å². The van der Waals surface area contributed by atoms with E-state index in [0.717, 1.165) is 44.0 Å². The van der Waals surface area contributed by atoms with Gasteiger partial charge in [-0.05, 0) is 25.0 Å². The average Bonchev–Trinajstić information content (AvgIpc) is 3.39. The molecule has 0 amide bonds. The van der Waals surface area contributed by atoms with Gasteiger partial charge < -0.3 is 14.8 Å². The summed E-state index contributed by atoms with van der Waals surface area (Å²) >= 11 is 0. The van der Waals surface area contributed by atoms with E-state index in [1.807, 2.05) is 6.07 Å². The van der Waals surface area contributed by atoms with Crippen LogP contribution in [0, 0.1) is 5.92 Å². The van der Waals surface area contributed by atoms with E-state index >= 15 is 0 Å². The Labute approximate surface area is 153 Å².